The number of hydrogen-bond donors (Lipinski definition) is 1. The molecule has 0 unspecified atom stereocenters. The summed E-state index contributed by atoms with van der Waals surface area (Å²) in [6, 6.07) is 18.3. The van der Waals surface area contributed by atoms with Crippen molar-refractivity contribution in [2.75, 3.05) is 6.61 Å². The van der Waals surface area contributed by atoms with Crippen LogP contribution in [0.4, 0.5) is 0 Å². The molecule has 85 valence electrons. The van der Waals surface area contributed by atoms with Crippen molar-refractivity contribution >= 4 is 6.21 Å². The molecule has 0 amide bonds. The zero-order valence-electron chi connectivity index (χ0n) is 9.52. The van der Waals surface area contributed by atoms with E-state index < -0.39 is 0 Å². The zero-order chi connectivity index (χ0) is 11.9. The van der Waals surface area contributed by atoms with Gasteiger partial charge in [-0.05, 0) is 29.7 Å². The van der Waals surface area contributed by atoms with Crippen LogP contribution >= 0.6 is 0 Å². The summed E-state index contributed by atoms with van der Waals surface area (Å²) >= 11 is 0. The molecule has 1 radical (unpaired) electrons. The summed E-state index contributed by atoms with van der Waals surface area (Å²) in [7, 11) is 0. The summed E-state index contributed by atoms with van der Waals surface area (Å²) in [5.41, 5.74) is 2.55. The highest BCUT2D eigenvalue weighted by molar-refractivity contribution is 5.54. The molecular weight excluding hydrogens is 210 g/mol. The topological polar surface area (TPSA) is 33.1 Å². The van der Waals surface area contributed by atoms with Crippen LogP contribution in [0.2, 0.25) is 0 Å². The van der Waals surface area contributed by atoms with Gasteiger partial charge in [0.2, 0.25) is 0 Å². The SMILES string of the molecule is N=[C]COc1ccc(Cc2ccccc2)cc1. The van der Waals surface area contributed by atoms with E-state index >= 15 is 0 Å². The number of nitrogens with one attached hydrogen (secondary N) is 1. The van der Waals surface area contributed by atoms with E-state index in [1.807, 2.05) is 42.5 Å². The van der Waals surface area contributed by atoms with Crippen LogP contribution in [0.1, 0.15) is 11.1 Å². The highest BCUT2D eigenvalue weighted by atomic mass is 16.5. The van der Waals surface area contributed by atoms with Gasteiger partial charge in [0.05, 0.1) is 6.21 Å². The van der Waals surface area contributed by atoms with E-state index in [1.165, 1.54) is 11.1 Å². The van der Waals surface area contributed by atoms with Crippen molar-refractivity contribution in [1.82, 2.24) is 0 Å². The molecule has 0 fully saturated rings. The first kappa shape index (κ1) is 11.4. The fourth-order valence-electron chi connectivity index (χ4n) is 1.65. The van der Waals surface area contributed by atoms with Gasteiger partial charge < -0.3 is 4.74 Å². The molecule has 0 aliphatic rings. The molecular formula is C15H14NO. The minimum Gasteiger partial charge on any atom is -0.487 e. The minimum atomic E-state index is 0.206. The molecule has 0 spiro atoms. The highest BCUT2D eigenvalue weighted by Gasteiger charge is 1.97. The maximum absolute atomic E-state index is 6.77. The molecule has 0 aromatic heterocycles. The summed E-state index contributed by atoms with van der Waals surface area (Å²) in [5, 5.41) is 6.77. The van der Waals surface area contributed by atoms with Crippen LogP contribution < -0.4 is 4.74 Å². The number of rotatable bonds is 5. The van der Waals surface area contributed by atoms with Crippen molar-refractivity contribution in [2.24, 2.45) is 0 Å². The van der Waals surface area contributed by atoms with Gasteiger partial charge in [-0.3, -0.25) is 5.41 Å². The molecule has 17 heavy (non-hydrogen) atoms. The Bertz CT molecular complexity index is 462. The van der Waals surface area contributed by atoms with E-state index in [0.717, 1.165) is 12.2 Å². The van der Waals surface area contributed by atoms with Crippen molar-refractivity contribution in [3.63, 3.8) is 0 Å². The van der Waals surface area contributed by atoms with Gasteiger partial charge in [0.1, 0.15) is 12.4 Å². The van der Waals surface area contributed by atoms with Crippen LogP contribution in [0.5, 0.6) is 5.75 Å². The summed E-state index contributed by atoms with van der Waals surface area (Å²) in [6.45, 7) is 0.206. The summed E-state index contributed by atoms with van der Waals surface area (Å²) in [4.78, 5) is 0. The number of ether oxygens (including phenoxy) is 1. The Kier molecular flexibility index (Phi) is 3.92. The quantitative estimate of drug-likeness (QED) is 0.777. The normalized spacial score (nSPS) is 9.88. The molecule has 0 saturated carbocycles. The lowest BCUT2D eigenvalue weighted by atomic mass is 10.1. The third kappa shape index (κ3) is 3.45. The molecule has 2 aromatic carbocycles. The molecule has 0 saturated heterocycles. The van der Waals surface area contributed by atoms with Crippen molar-refractivity contribution in [3.8, 4) is 5.75 Å². The molecule has 0 atom stereocenters. The Morgan fingerprint density at radius 2 is 1.53 bits per heavy atom. The fraction of sp³-hybridized carbons (Fsp3) is 0.133. The zero-order valence-corrected chi connectivity index (χ0v) is 9.52. The third-order valence-electron chi connectivity index (χ3n) is 2.49. The molecule has 2 aromatic rings. The van der Waals surface area contributed by atoms with Gasteiger partial charge in [0.25, 0.3) is 0 Å². The van der Waals surface area contributed by atoms with Crippen LogP contribution in [0.15, 0.2) is 54.6 Å². The van der Waals surface area contributed by atoms with Crippen LogP contribution in [-0.4, -0.2) is 12.8 Å². The molecule has 0 aliphatic heterocycles. The Labute approximate surface area is 101 Å². The van der Waals surface area contributed by atoms with Gasteiger partial charge in [-0.15, -0.1) is 0 Å². The van der Waals surface area contributed by atoms with E-state index in [-0.39, 0.29) is 6.61 Å². The summed E-state index contributed by atoms with van der Waals surface area (Å²) in [5.74, 6) is 0.779. The molecule has 2 nitrogen and oxygen atoms in total. The van der Waals surface area contributed by atoms with Gasteiger partial charge in [-0.25, -0.2) is 0 Å². The predicted octanol–water partition coefficient (Wildman–Crippen LogP) is 3.18. The first-order valence-electron chi connectivity index (χ1n) is 5.54. The molecule has 2 rings (SSSR count). The number of hydrogen-bond acceptors (Lipinski definition) is 2. The van der Waals surface area contributed by atoms with Crippen molar-refractivity contribution in [2.45, 2.75) is 6.42 Å². The average molecular weight is 224 g/mol. The highest BCUT2D eigenvalue weighted by Crippen LogP contribution is 2.14. The average Bonchev–Trinajstić information content (AvgIpc) is 2.39. The first-order valence-corrected chi connectivity index (χ1v) is 5.54. The van der Waals surface area contributed by atoms with Crippen LogP contribution in [-0.2, 0) is 6.42 Å². The van der Waals surface area contributed by atoms with Gasteiger partial charge in [0.15, 0.2) is 0 Å². The van der Waals surface area contributed by atoms with Crippen LogP contribution in [0.25, 0.3) is 0 Å². The van der Waals surface area contributed by atoms with Crippen LogP contribution in [0.3, 0.4) is 0 Å². The van der Waals surface area contributed by atoms with E-state index in [0.29, 0.717) is 0 Å². The van der Waals surface area contributed by atoms with E-state index in [4.69, 9.17) is 10.1 Å². The lowest BCUT2D eigenvalue weighted by Crippen LogP contribution is -1.97. The predicted molar refractivity (Wildman–Crippen MR) is 68.9 cm³/mol. The standard InChI is InChI=1S/C15H14NO/c16-10-11-17-15-8-6-14(7-9-15)12-13-4-2-1-3-5-13/h1-9,16H,11-12H2. The second-order valence-corrected chi connectivity index (χ2v) is 3.77. The molecule has 1 N–H and O–H groups in total. The van der Waals surface area contributed by atoms with E-state index in [1.54, 1.807) is 0 Å². The first-order chi connectivity index (χ1) is 8.38. The van der Waals surface area contributed by atoms with Gasteiger partial charge in [-0.1, -0.05) is 42.5 Å². The van der Waals surface area contributed by atoms with Gasteiger partial charge >= 0.3 is 0 Å². The summed E-state index contributed by atoms with van der Waals surface area (Å²) in [6.07, 6.45) is 3.13. The van der Waals surface area contributed by atoms with Crippen molar-refractivity contribution in [3.05, 3.63) is 65.7 Å². The lowest BCUT2D eigenvalue weighted by Gasteiger charge is -2.05. The smallest absolute Gasteiger partial charge is 0.131 e. The van der Waals surface area contributed by atoms with Gasteiger partial charge in [0, 0.05) is 0 Å². The van der Waals surface area contributed by atoms with Crippen molar-refractivity contribution < 1.29 is 4.74 Å². The maximum atomic E-state index is 6.77. The van der Waals surface area contributed by atoms with Gasteiger partial charge in [-0.2, -0.15) is 0 Å². The Balaban J connectivity index is 2.01. The Morgan fingerprint density at radius 1 is 0.882 bits per heavy atom. The minimum absolute atomic E-state index is 0.206. The maximum Gasteiger partial charge on any atom is 0.131 e. The second kappa shape index (κ2) is 5.85. The van der Waals surface area contributed by atoms with Crippen LogP contribution in [0, 0.1) is 5.41 Å². The molecule has 0 aliphatic carbocycles. The lowest BCUT2D eigenvalue weighted by molar-refractivity contribution is 0.380. The second-order valence-electron chi connectivity index (χ2n) is 3.77. The van der Waals surface area contributed by atoms with Crippen molar-refractivity contribution in [1.29, 1.82) is 5.41 Å². The fourth-order valence-corrected chi connectivity index (χ4v) is 1.65. The molecule has 0 bridgehead atoms. The van der Waals surface area contributed by atoms with E-state index in [2.05, 4.69) is 18.3 Å². The monoisotopic (exact) mass is 224 g/mol. The van der Waals surface area contributed by atoms with E-state index in [9.17, 15) is 0 Å². The summed E-state index contributed by atoms with van der Waals surface area (Å²) < 4.78 is 5.26. The largest absolute Gasteiger partial charge is 0.487 e. The Morgan fingerprint density at radius 3 is 2.18 bits per heavy atom. The number of benzene rings is 2. The Hall–Kier alpha value is -2.09. The molecule has 0 heterocycles. The third-order valence-corrected chi connectivity index (χ3v) is 2.49. The molecule has 2 heteroatoms.